The van der Waals surface area contributed by atoms with Crippen LogP contribution in [0.15, 0.2) is 24.5 Å². The topological polar surface area (TPSA) is 53.4 Å². The third-order valence-corrected chi connectivity index (χ3v) is 7.15. The van der Waals surface area contributed by atoms with Gasteiger partial charge in [0.2, 0.25) is 5.91 Å². The lowest BCUT2D eigenvalue weighted by molar-refractivity contribution is -0.210. The number of rotatable bonds is 5. The van der Waals surface area contributed by atoms with Crippen LogP contribution in [0.3, 0.4) is 0 Å². The van der Waals surface area contributed by atoms with Gasteiger partial charge in [-0.05, 0) is 74.5 Å². The van der Waals surface area contributed by atoms with Crippen LogP contribution in [0.25, 0.3) is 0 Å². The summed E-state index contributed by atoms with van der Waals surface area (Å²) in [4.78, 5) is 19.7. The summed E-state index contributed by atoms with van der Waals surface area (Å²) < 4.78 is 0. The molecule has 4 aliphatic rings. The number of aromatic nitrogens is 1. The predicted octanol–water partition coefficient (Wildman–Crippen LogP) is 3.54. The van der Waals surface area contributed by atoms with Gasteiger partial charge in [-0.1, -0.05) is 13.3 Å². The van der Waals surface area contributed by atoms with Gasteiger partial charge in [-0.15, -0.1) is 0 Å². The molecule has 4 atom stereocenters. The van der Waals surface area contributed by atoms with Crippen molar-refractivity contribution in [2.75, 3.05) is 6.54 Å². The maximum atomic E-state index is 13.6. The van der Waals surface area contributed by atoms with Crippen LogP contribution in [0, 0.1) is 16.7 Å². The fraction of sp³-hybridized carbons (Fsp3) is 0.714. The van der Waals surface area contributed by atoms with Gasteiger partial charge in [-0.25, -0.2) is 0 Å². The molecular weight excluding hydrogens is 312 g/mol. The van der Waals surface area contributed by atoms with Gasteiger partial charge >= 0.3 is 0 Å². The predicted molar refractivity (Wildman–Crippen MR) is 96.6 cm³/mol. The summed E-state index contributed by atoms with van der Waals surface area (Å²) in [5.41, 5.74) is 0.354. The maximum absolute atomic E-state index is 13.6. The van der Waals surface area contributed by atoms with Crippen molar-refractivity contribution in [3.63, 3.8) is 0 Å². The molecule has 1 amide bonds. The molecule has 0 saturated heterocycles. The standard InChI is InChI=1S/C21H30N2O2/c1-3-19-9-17-10-20(13-19,15-21(25,11-17)14-19)18(24)23(4-2)12-16-5-7-22-8-6-16/h5-8,17,25H,3-4,9-15H2,1-2H3/t17-,19-,20+,21+/m0/s1. The van der Waals surface area contributed by atoms with Gasteiger partial charge in [-0.3, -0.25) is 9.78 Å². The van der Waals surface area contributed by atoms with E-state index in [-0.39, 0.29) is 16.7 Å². The zero-order valence-corrected chi connectivity index (χ0v) is 15.5. The minimum absolute atomic E-state index is 0.180. The average molecular weight is 342 g/mol. The fourth-order valence-corrected chi connectivity index (χ4v) is 6.59. The molecule has 1 aromatic heterocycles. The van der Waals surface area contributed by atoms with Gasteiger partial charge in [0.1, 0.15) is 0 Å². The van der Waals surface area contributed by atoms with E-state index in [2.05, 4.69) is 18.8 Å². The first-order chi connectivity index (χ1) is 11.9. The van der Waals surface area contributed by atoms with Gasteiger partial charge in [0, 0.05) is 25.5 Å². The lowest BCUT2D eigenvalue weighted by Crippen LogP contribution is -2.64. The maximum Gasteiger partial charge on any atom is 0.229 e. The normalized spacial score (nSPS) is 38.8. The molecule has 0 radical (unpaired) electrons. The smallest absolute Gasteiger partial charge is 0.229 e. The SMILES string of the molecule is CCN(Cc1ccncc1)C(=O)[C@]12C[C@H]3C[C@@](O)(C[C@@](CC)(C3)C1)C2. The Balaban J connectivity index is 1.62. The summed E-state index contributed by atoms with van der Waals surface area (Å²) in [6, 6.07) is 3.97. The zero-order valence-electron chi connectivity index (χ0n) is 15.5. The second-order valence-corrected chi connectivity index (χ2v) is 9.04. The number of carbonyl (C=O) groups excluding carboxylic acids is 1. The van der Waals surface area contributed by atoms with E-state index in [0.717, 1.165) is 37.7 Å². The average Bonchev–Trinajstić information content (AvgIpc) is 2.58. The van der Waals surface area contributed by atoms with E-state index in [0.29, 0.717) is 25.4 Å². The zero-order chi connectivity index (χ0) is 17.7. The van der Waals surface area contributed by atoms with Crippen molar-refractivity contribution in [2.45, 2.75) is 70.9 Å². The van der Waals surface area contributed by atoms with Crippen LogP contribution in [-0.2, 0) is 11.3 Å². The third kappa shape index (κ3) is 2.79. The number of carbonyl (C=O) groups is 1. The Bertz CT molecular complexity index is 663. The lowest BCUT2D eigenvalue weighted by Gasteiger charge is -2.64. The monoisotopic (exact) mass is 342 g/mol. The van der Waals surface area contributed by atoms with E-state index in [1.54, 1.807) is 12.4 Å². The Hall–Kier alpha value is -1.42. The van der Waals surface area contributed by atoms with E-state index in [1.165, 1.54) is 6.42 Å². The van der Waals surface area contributed by atoms with E-state index >= 15 is 0 Å². The summed E-state index contributed by atoms with van der Waals surface area (Å²) in [5, 5.41) is 11.2. The van der Waals surface area contributed by atoms with Crippen LogP contribution >= 0.6 is 0 Å². The van der Waals surface area contributed by atoms with Crippen molar-refractivity contribution in [2.24, 2.45) is 16.7 Å². The summed E-state index contributed by atoms with van der Waals surface area (Å²) in [6.07, 6.45) is 10.3. The molecule has 4 bridgehead atoms. The van der Waals surface area contributed by atoms with Crippen molar-refractivity contribution in [3.8, 4) is 0 Å². The van der Waals surface area contributed by atoms with Crippen molar-refractivity contribution in [1.29, 1.82) is 0 Å². The molecule has 4 aliphatic carbocycles. The molecule has 5 rings (SSSR count). The third-order valence-electron chi connectivity index (χ3n) is 7.15. The largest absolute Gasteiger partial charge is 0.390 e. The molecule has 25 heavy (non-hydrogen) atoms. The first-order valence-corrected chi connectivity index (χ1v) is 9.82. The molecule has 136 valence electrons. The van der Waals surface area contributed by atoms with Gasteiger partial charge in [0.05, 0.1) is 11.0 Å². The highest BCUT2D eigenvalue weighted by Crippen LogP contribution is 2.68. The molecule has 4 saturated carbocycles. The molecule has 1 heterocycles. The van der Waals surface area contributed by atoms with Crippen LogP contribution in [0.1, 0.15) is 64.4 Å². The molecule has 0 aliphatic heterocycles. The van der Waals surface area contributed by atoms with Crippen molar-refractivity contribution >= 4 is 5.91 Å². The highest BCUT2D eigenvalue weighted by molar-refractivity contribution is 5.83. The van der Waals surface area contributed by atoms with E-state index < -0.39 is 5.60 Å². The number of hydrogen-bond donors (Lipinski definition) is 1. The van der Waals surface area contributed by atoms with Crippen LogP contribution in [-0.4, -0.2) is 33.0 Å². The second kappa shape index (κ2) is 5.80. The van der Waals surface area contributed by atoms with E-state index in [9.17, 15) is 9.90 Å². The van der Waals surface area contributed by atoms with Crippen molar-refractivity contribution in [3.05, 3.63) is 30.1 Å². The number of aliphatic hydroxyl groups is 1. The molecular formula is C21H30N2O2. The quantitative estimate of drug-likeness (QED) is 0.890. The second-order valence-electron chi connectivity index (χ2n) is 9.04. The lowest BCUT2D eigenvalue weighted by atomic mass is 9.42. The van der Waals surface area contributed by atoms with Crippen LogP contribution < -0.4 is 0 Å². The molecule has 1 N–H and O–H groups in total. The Morgan fingerprint density at radius 1 is 1.20 bits per heavy atom. The molecule has 4 heteroatoms. The molecule has 4 fully saturated rings. The minimum atomic E-state index is -0.610. The van der Waals surface area contributed by atoms with E-state index in [4.69, 9.17) is 0 Å². The Morgan fingerprint density at radius 2 is 1.96 bits per heavy atom. The fourth-order valence-electron chi connectivity index (χ4n) is 6.59. The summed E-state index contributed by atoms with van der Waals surface area (Å²) in [7, 11) is 0. The molecule has 0 spiro atoms. The van der Waals surface area contributed by atoms with Gasteiger partial charge in [-0.2, -0.15) is 0 Å². The Kier molecular flexibility index (Phi) is 3.95. The van der Waals surface area contributed by atoms with Gasteiger partial charge in [0.15, 0.2) is 0 Å². The Labute approximate surface area is 150 Å². The highest BCUT2D eigenvalue weighted by atomic mass is 16.3. The number of nitrogens with zero attached hydrogens (tertiary/aromatic N) is 2. The number of hydrogen-bond acceptors (Lipinski definition) is 3. The number of amides is 1. The molecule has 0 aromatic carbocycles. The Morgan fingerprint density at radius 3 is 2.60 bits per heavy atom. The van der Waals surface area contributed by atoms with Crippen molar-refractivity contribution < 1.29 is 9.90 Å². The number of pyridine rings is 1. The first kappa shape index (κ1) is 17.0. The highest BCUT2D eigenvalue weighted by Gasteiger charge is 2.65. The molecule has 1 aromatic rings. The molecule has 0 unspecified atom stereocenters. The summed E-state index contributed by atoms with van der Waals surface area (Å²) in [6.45, 7) is 5.65. The minimum Gasteiger partial charge on any atom is -0.390 e. The first-order valence-electron chi connectivity index (χ1n) is 9.82. The summed E-state index contributed by atoms with van der Waals surface area (Å²) in [5.74, 6) is 0.789. The van der Waals surface area contributed by atoms with Gasteiger partial charge < -0.3 is 10.0 Å². The summed E-state index contributed by atoms with van der Waals surface area (Å²) >= 11 is 0. The molecule has 4 nitrogen and oxygen atoms in total. The van der Waals surface area contributed by atoms with Crippen LogP contribution in [0.2, 0.25) is 0 Å². The van der Waals surface area contributed by atoms with Crippen molar-refractivity contribution in [1.82, 2.24) is 9.88 Å². The van der Waals surface area contributed by atoms with E-state index in [1.807, 2.05) is 17.0 Å². The van der Waals surface area contributed by atoms with Gasteiger partial charge in [0.25, 0.3) is 0 Å². The van der Waals surface area contributed by atoms with Crippen LogP contribution in [0.5, 0.6) is 0 Å². The van der Waals surface area contributed by atoms with Crippen LogP contribution in [0.4, 0.5) is 0 Å².